The second-order valence-electron chi connectivity index (χ2n) is 8.02. The summed E-state index contributed by atoms with van der Waals surface area (Å²) in [6.07, 6.45) is 1.72. The Labute approximate surface area is 150 Å². The average Bonchev–Trinajstić information content (AvgIpc) is 2.52. The maximum Gasteiger partial charge on any atom is 0.317 e. The van der Waals surface area contributed by atoms with Gasteiger partial charge in [0, 0.05) is 30.1 Å². The molecule has 2 rings (SSSR count). The summed E-state index contributed by atoms with van der Waals surface area (Å²) in [5.74, 6) is 0.634. The Morgan fingerprint density at radius 2 is 2.00 bits per heavy atom. The summed E-state index contributed by atoms with van der Waals surface area (Å²) in [6, 6.07) is 7.24. The van der Waals surface area contributed by atoms with Crippen molar-refractivity contribution in [1.29, 1.82) is 0 Å². The lowest BCUT2D eigenvalue weighted by molar-refractivity contribution is 0.0842. The average molecular weight is 346 g/mol. The summed E-state index contributed by atoms with van der Waals surface area (Å²) < 4.78 is 5.68. The van der Waals surface area contributed by atoms with Crippen molar-refractivity contribution in [3.8, 4) is 5.75 Å². The summed E-state index contributed by atoms with van der Waals surface area (Å²) in [7, 11) is 0. The number of hydrogen-bond donors (Lipinski definition) is 1. The van der Waals surface area contributed by atoms with E-state index >= 15 is 0 Å². The van der Waals surface area contributed by atoms with Gasteiger partial charge >= 0.3 is 6.03 Å². The summed E-state index contributed by atoms with van der Waals surface area (Å²) in [5.41, 5.74) is 0.373. The van der Waals surface area contributed by atoms with Crippen LogP contribution in [-0.2, 0) is 0 Å². The van der Waals surface area contributed by atoms with Gasteiger partial charge in [0.25, 0.3) is 0 Å². The smallest absolute Gasteiger partial charge is 0.317 e. The number of ether oxygens (including phenoxy) is 1. The number of nitrogens with zero attached hydrogens (tertiary/aromatic N) is 1. The molecule has 1 aliphatic heterocycles. The third kappa shape index (κ3) is 5.76. The molecule has 1 aliphatic rings. The fourth-order valence-electron chi connectivity index (χ4n) is 3.01. The number of urea groups is 1. The zero-order valence-electron chi connectivity index (χ0n) is 16.0. The van der Waals surface area contributed by atoms with Gasteiger partial charge in [-0.05, 0) is 59.6 Å². The number of piperidine rings is 1. The second-order valence-corrected chi connectivity index (χ2v) is 8.02. The largest absolute Gasteiger partial charge is 0.491 e. The minimum atomic E-state index is -0.281. The highest BCUT2D eigenvalue weighted by atomic mass is 16.5. The number of Topliss-reactive ketones (excluding diaryl/α,β-unsaturated/α-hetero) is 1. The maximum atomic E-state index is 12.9. The predicted octanol–water partition coefficient (Wildman–Crippen LogP) is 3.88. The molecule has 1 heterocycles. The first-order chi connectivity index (χ1) is 11.7. The quantitative estimate of drug-likeness (QED) is 0.842. The number of benzene rings is 1. The van der Waals surface area contributed by atoms with Crippen LogP contribution >= 0.6 is 0 Å². The molecule has 0 saturated carbocycles. The minimum absolute atomic E-state index is 0.0663. The van der Waals surface area contributed by atoms with Gasteiger partial charge in [0.1, 0.15) is 5.75 Å². The Kier molecular flexibility index (Phi) is 6.09. The monoisotopic (exact) mass is 346 g/mol. The maximum absolute atomic E-state index is 12.9. The molecule has 0 spiro atoms. The summed E-state index contributed by atoms with van der Waals surface area (Å²) >= 11 is 0. The molecular weight excluding hydrogens is 316 g/mol. The van der Waals surface area contributed by atoms with Crippen LogP contribution in [0.25, 0.3) is 0 Å². The van der Waals surface area contributed by atoms with E-state index in [9.17, 15) is 9.59 Å². The molecule has 1 fully saturated rings. The lowest BCUT2D eigenvalue weighted by Crippen LogP contribution is -2.52. The van der Waals surface area contributed by atoms with Crippen LogP contribution in [0.4, 0.5) is 4.79 Å². The minimum Gasteiger partial charge on any atom is -0.491 e. The van der Waals surface area contributed by atoms with Gasteiger partial charge in [-0.1, -0.05) is 12.1 Å². The molecule has 0 aliphatic carbocycles. The van der Waals surface area contributed by atoms with E-state index in [1.165, 1.54) is 0 Å². The van der Waals surface area contributed by atoms with E-state index in [0.717, 1.165) is 12.8 Å². The first-order valence-electron chi connectivity index (χ1n) is 9.04. The highest BCUT2D eigenvalue weighted by molar-refractivity contribution is 5.98. The molecule has 1 aromatic rings. The number of rotatable bonds is 4. The lowest BCUT2D eigenvalue weighted by atomic mass is 9.90. The van der Waals surface area contributed by atoms with Crippen LogP contribution < -0.4 is 10.1 Å². The topological polar surface area (TPSA) is 58.6 Å². The molecule has 0 unspecified atom stereocenters. The summed E-state index contributed by atoms with van der Waals surface area (Å²) in [6.45, 7) is 11.0. The van der Waals surface area contributed by atoms with Crippen molar-refractivity contribution < 1.29 is 14.3 Å². The van der Waals surface area contributed by atoms with Gasteiger partial charge in [0.05, 0.1) is 6.10 Å². The van der Waals surface area contributed by atoms with Gasteiger partial charge < -0.3 is 15.0 Å². The van der Waals surface area contributed by atoms with Gasteiger partial charge in [-0.15, -0.1) is 0 Å². The van der Waals surface area contributed by atoms with Crippen molar-refractivity contribution in [2.24, 2.45) is 5.92 Å². The van der Waals surface area contributed by atoms with Crippen LogP contribution in [0.15, 0.2) is 24.3 Å². The van der Waals surface area contributed by atoms with Crippen molar-refractivity contribution in [3.05, 3.63) is 29.8 Å². The number of ketones is 1. The molecule has 5 nitrogen and oxygen atoms in total. The molecule has 25 heavy (non-hydrogen) atoms. The standard InChI is InChI=1S/C20H30N2O3/c1-14(2)25-17-10-6-8-15(12-17)18(23)16-9-7-11-22(13-16)19(24)21-20(3,4)5/h6,8,10,12,14,16H,7,9,11,13H2,1-5H3,(H,21,24)/t16-/m0/s1. The molecule has 5 heteroatoms. The van der Waals surface area contributed by atoms with Gasteiger partial charge in [-0.2, -0.15) is 0 Å². The molecule has 0 aromatic heterocycles. The highest BCUT2D eigenvalue weighted by Gasteiger charge is 2.30. The zero-order valence-corrected chi connectivity index (χ0v) is 16.0. The van der Waals surface area contributed by atoms with Gasteiger partial charge in [-0.3, -0.25) is 4.79 Å². The molecule has 1 atom stereocenters. The molecule has 1 saturated heterocycles. The van der Waals surface area contributed by atoms with E-state index < -0.39 is 0 Å². The third-order valence-electron chi connectivity index (χ3n) is 4.05. The Bertz CT molecular complexity index is 620. The van der Waals surface area contributed by atoms with Crippen molar-refractivity contribution in [2.75, 3.05) is 13.1 Å². The van der Waals surface area contributed by atoms with Crippen LogP contribution in [0.2, 0.25) is 0 Å². The molecule has 2 amide bonds. The number of likely N-dealkylation sites (tertiary alicyclic amines) is 1. The van der Waals surface area contributed by atoms with Crippen LogP contribution in [0.3, 0.4) is 0 Å². The number of carbonyl (C=O) groups is 2. The Morgan fingerprint density at radius 1 is 1.28 bits per heavy atom. The number of amides is 2. The van der Waals surface area contributed by atoms with Gasteiger partial charge in [0.2, 0.25) is 0 Å². The van der Waals surface area contributed by atoms with Crippen molar-refractivity contribution in [3.63, 3.8) is 0 Å². The molecular formula is C20H30N2O3. The molecule has 1 N–H and O–H groups in total. The Morgan fingerprint density at radius 3 is 2.64 bits per heavy atom. The summed E-state index contributed by atoms with van der Waals surface area (Å²) in [4.78, 5) is 27.0. The van der Waals surface area contributed by atoms with Crippen molar-refractivity contribution >= 4 is 11.8 Å². The van der Waals surface area contributed by atoms with Gasteiger partial charge in [-0.25, -0.2) is 4.79 Å². The van der Waals surface area contributed by atoms with E-state index in [-0.39, 0.29) is 29.4 Å². The third-order valence-corrected chi connectivity index (χ3v) is 4.05. The fraction of sp³-hybridized carbons (Fsp3) is 0.600. The summed E-state index contributed by atoms with van der Waals surface area (Å²) in [5, 5.41) is 2.97. The molecule has 1 aromatic carbocycles. The highest BCUT2D eigenvalue weighted by Crippen LogP contribution is 2.24. The first kappa shape index (κ1) is 19.3. The van der Waals surface area contributed by atoms with Crippen LogP contribution in [0.5, 0.6) is 5.75 Å². The molecule has 0 radical (unpaired) electrons. The number of hydrogen-bond acceptors (Lipinski definition) is 3. The number of nitrogens with one attached hydrogen (secondary N) is 1. The SMILES string of the molecule is CC(C)Oc1cccc(C(=O)[C@H]2CCCN(C(=O)NC(C)(C)C)C2)c1. The van der Waals surface area contributed by atoms with Crippen molar-refractivity contribution in [1.82, 2.24) is 10.2 Å². The fourth-order valence-corrected chi connectivity index (χ4v) is 3.01. The van der Waals surface area contributed by atoms with E-state index in [1.807, 2.05) is 52.8 Å². The van der Waals surface area contributed by atoms with Crippen LogP contribution in [0.1, 0.15) is 57.8 Å². The van der Waals surface area contributed by atoms with E-state index in [2.05, 4.69) is 5.32 Å². The Hall–Kier alpha value is -2.04. The zero-order chi connectivity index (χ0) is 18.6. The van der Waals surface area contributed by atoms with Crippen LogP contribution in [-0.4, -0.2) is 41.4 Å². The first-order valence-corrected chi connectivity index (χ1v) is 9.04. The van der Waals surface area contributed by atoms with E-state index in [4.69, 9.17) is 4.74 Å². The normalized spacial score (nSPS) is 18.2. The predicted molar refractivity (Wildman–Crippen MR) is 99.1 cm³/mol. The molecule has 138 valence electrons. The van der Waals surface area contributed by atoms with Crippen LogP contribution in [0, 0.1) is 5.92 Å². The van der Waals surface area contributed by atoms with Gasteiger partial charge in [0.15, 0.2) is 5.78 Å². The van der Waals surface area contributed by atoms with E-state index in [0.29, 0.717) is 24.4 Å². The van der Waals surface area contributed by atoms with Crippen molar-refractivity contribution in [2.45, 2.75) is 59.1 Å². The lowest BCUT2D eigenvalue weighted by Gasteiger charge is -2.34. The van der Waals surface area contributed by atoms with E-state index in [1.54, 1.807) is 11.0 Å². The Balaban J connectivity index is 2.05. The second kappa shape index (κ2) is 7.89. The number of carbonyl (C=O) groups excluding carboxylic acids is 2. The molecule has 0 bridgehead atoms.